The van der Waals surface area contributed by atoms with E-state index in [1.54, 1.807) is 11.0 Å². The predicted molar refractivity (Wildman–Crippen MR) is 96.5 cm³/mol. The molecule has 2 saturated heterocycles. The lowest BCUT2D eigenvalue weighted by Gasteiger charge is -2.46. The number of carbonyl (C=O) groups is 2. The van der Waals surface area contributed by atoms with E-state index in [1.807, 2.05) is 0 Å². The third-order valence-electron chi connectivity index (χ3n) is 6.46. The highest BCUT2D eigenvalue weighted by atomic mass is 19.4. The Morgan fingerprint density at radius 1 is 1.28 bits per heavy atom. The van der Waals surface area contributed by atoms with E-state index in [9.17, 15) is 22.8 Å². The van der Waals surface area contributed by atoms with Crippen LogP contribution in [0.5, 0.6) is 5.75 Å². The Morgan fingerprint density at radius 2 is 2.00 bits per heavy atom. The molecule has 158 valence electrons. The van der Waals surface area contributed by atoms with Crippen molar-refractivity contribution in [3.05, 3.63) is 29.3 Å². The molecule has 1 aromatic carbocycles. The molecular formula is C20H23F3N2O4. The first-order chi connectivity index (χ1) is 13.7. The zero-order valence-corrected chi connectivity index (χ0v) is 16.1. The van der Waals surface area contributed by atoms with Crippen LogP contribution in [-0.4, -0.2) is 49.2 Å². The number of alkyl carbamates (subject to hydrolysis) is 1. The molecule has 4 rings (SSSR count). The van der Waals surface area contributed by atoms with E-state index < -0.39 is 23.4 Å². The van der Waals surface area contributed by atoms with Crippen molar-refractivity contribution in [1.82, 2.24) is 10.2 Å². The first kappa shape index (κ1) is 19.8. The Labute approximate surface area is 166 Å². The number of piperidine rings is 1. The van der Waals surface area contributed by atoms with Crippen LogP contribution < -0.4 is 10.1 Å². The third-order valence-corrected chi connectivity index (χ3v) is 6.46. The highest BCUT2D eigenvalue weighted by Crippen LogP contribution is 2.44. The molecule has 9 heteroatoms. The molecule has 2 amide bonds. The summed E-state index contributed by atoms with van der Waals surface area (Å²) in [5.41, 5.74) is -0.742. The highest BCUT2D eigenvalue weighted by molar-refractivity contribution is 5.84. The van der Waals surface area contributed by atoms with Gasteiger partial charge in [-0.1, -0.05) is 6.07 Å². The number of likely N-dealkylation sites (tertiary alicyclic amines) is 1. The zero-order valence-electron chi connectivity index (χ0n) is 16.1. The molecule has 0 bridgehead atoms. The summed E-state index contributed by atoms with van der Waals surface area (Å²) in [7, 11) is 1.22. The summed E-state index contributed by atoms with van der Waals surface area (Å²) < 4.78 is 49.7. The summed E-state index contributed by atoms with van der Waals surface area (Å²) in [6.45, 7) is 1.18. The fourth-order valence-electron chi connectivity index (χ4n) is 4.64. The number of ether oxygens (including phenoxy) is 2. The monoisotopic (exact) mass is 412 g/mol. The van der Waals surface area contributed by atoms with Crippen molar-refractivity contribution in [2.75, 3.05) is 26.8 Å². The molecule has 1 aromatic rings. The normalized spacial score (nSPS) is 27.4. The first-order valence-corrected chi connectivity index (χ1v) is 9.72. The molecule has 1 spiro atoms. The molecule has 0 aromatic heterocycles. The van der Waals surface area contributed by atoms with E-state index in [2.05, 4.69) is 5.32 Å². The number of hydrogen-bond donors (Lipinski definition) is 1. The Bertz CT molecular complexity index is 820. The maximum absolute atomic E-state index is 13.3. The van der Waals surface area contributed by atoms with Gasteiger partial charge in [0.05, 0.1) is 24.1 Å². The molecule has 1 N–H and O–H groups in total. The average molecular weight is 412 g/mol. The number of methoxy groups -OCH3 is 1. The zero-order chi connectivity index (χ0) is 20.8. The van der Waals surface area contributed by atoms with Gasteiger partial charge in [0.1, 0.15) is 12.4 Å². The number of rotatable bonds is 3. The molecule has 29 heavy (non-hydrogen) atoms. The first-order valence-electron chi connectivity index (χ1n) is 9.72. The van der Waals surface area contributed by atoms with E-state index in [4.69, 9.17) is 9.47 Å². The van der Waals surface area contributed by atoms with Crippen molar-refractivity contribution in [2.24, 2.45) is 5.92 Å². The summed E-state index contributed by atoms with van der Waals surface area (Å²) >= 11 is 0. The number of nitrogens with one attached hydrogen (secondary N) is 1. The fourth-order valence-corrected chi connectivity index (χ4v) is 4.64. The smallest absolute Gasteiger partial charge is 0.419 e. The van der Waals surface area contributed by atoms with Crippen molar-refractivity contribution in [3.63, 3.8) is 0 Å². The summed E-state index contributed by atoms with van der Waals surface area (Å²) in [6.07, 6.45) is -2.35. The minimum atomic E-state index is -4.48. The van der Waals surface area contributed by atoms with Gasteiger partial charge in [-0.2, -0.15) is 13.2 Å². The summed E-state index contributed by atoms with van der Waals surface area (Å²) in [6, 6.07) is 4.19. The Balaban J connectivity index is 1.41. The number of halogens is 3. The van der Waals surface area contributed by atoms with Crippen LogP contribution in [0.4, 0.5) is 18.0 Å². The van der Waals surface area contributed by atoms with Gasteiger partial charge in [0.2, 0.25) is 5.91 Å². The van der Waals surface area contributed by atoms with Gasteiger partial charge in [0, 0.05) is 13.1 Å². The van der Waals surface area contributed by atoms with Crippen LogP contribution in [0.1, 0.15) is 42.7 Å². The van der Waals surface area contributed by atoms with Gasteiger partial charge in [-0.15, -0.1) is 0 Å². The SMILES string of the molecule is COc1ccc(C2CCN(C(=O)C3CCC34COC(=O)N4)CC2)cc1C(F)(F)F. The van der Waals surface area contributed by atoms with Crippen LogP contribution in [0.25, 0.3) is 0 Å². The quantitative estimate of drug-likeness (QED) is 0.827. The number of cyclic esters (lactones) is 1. The second-order valence-electron chi connectivity index (χ2n) is 8.01. The number of carbonyl (C=O) groups excluding carboxylic acids is 2. The van der Waals surface area contributed by atoms with E-state index in [0.717, 1.165) is 12.5 Å². The molecule has 2 unspecified atom stereocenters. The van der Waals surface area contributed by atoms with Gasteiger partial charge in [0.25, 0.3) is 0 Å². The van der Waals surface area contributed by atoms with E-state index in [0.29, 0.717) is 37.9 Å². The van der Waals surface area contributed by atoms with Crippen molar-refractivity contribution in [1.29, 1.82) is 0 Å². The maximum Gasteiger partial charge on any atom is 0.419 e. The molecule has 1 saturated carbocycles. The minimum Gasteiger partial charge on any atom is -0.496 e. The van der Waals surface area contributed by atoms with Gasteiger partial charge in [-0.25, -0.2) is 4.79 Å². The van der Waals surface area contributed by atoms with Crippen LogP contribution in [-0.2, 0) is 15.7 Å². The molecule has 2 aliphatic heterocycles. The highest BCUT2D eigenvalue weighted by Gasteiger charge is 2.56. The third kappa shape index (κ3) is 3.51. The topological polar surface area (TPSA) is 67.9 Å². The molecule has 3 aliphatic rings. The van der Waals surface area contributed by atoms with Gasteiger partial charge in [0.15, 0.2) is 0 Å². The molecular weight excluding hydrogens is 389 g/mol. The summed E-state index contributed by atoms with van der Waals surface area (Å²) in [5.74, 6) is -0.532. The van der Waals surface area contributed by atoms with Crippen molar-refractivity contribution >= 4 is 12.0 Å². The minimum absolute atomic E-state index is 0.00814. The Hall–Kier alpha value is -2.45. The van der Waals surface area contributed by atoms with E-state index in [-0.39, 0.29) is 30.1 Å². The molecule has 3 fully saturated rings. The molecule has 6 nitrogen and oxygen atoms in total. The van der Waals surface area contributed by atoms with Crippen molar-refractivity contribution in [3.8, 4) is 5.75 Å². The lowest BCUT2D eigenvalue weighted by Crippen LogP contribution is -2.62. The summed E-state index contributed by atoms with van der Waals surface area (Å²) in [4.78, 5) is 26.1. The van der Waals surface area contributed by atoms with Crippen LogP contribution >= 0.6 is 0 Å². The lowest BCUT2D eigenvalue weighted by molar-refractivity contribution is -0.144. The van der Waals surface area contributed by atoms with Crippen molar-refractivity contribution in [2.45, 2.75) is 43.3 Å². The van der Waals surface area contributed by atoms with Gasteiger partial charge < -0.3 is 19.7 Å². The van der Waals surface area contributed by atoms with Crippen LogP contribution in [0, 0.1) is 5.92 Å². The number of hydrogen-bond acceptors (Lipinski definition) is 4. The number of nitrogens with zero attached hydrogens (tertiary/aromatic N) is 1. The second-order valence-corrected chi connectivity index (χ2v) is 8.01. The maximum atomic E-state index is 13.3. The fraction of sp³-hybridized carbons (Fsp3) is 0.600. The average Bonchev–Trinajstić information content (AvgIpc) is 3.10. The van der Waals surface area contributed by atoms with E-state index in [1.165, 1.54) is 13.2 Å². The van der Waals surface area contributed by atoms with Crippen LogP contribution in [0.15, 0.2) is 18.2 Å². The van der Waals surface area contributed by atoms with Crippen molar-refractivity contribution < 1.29 is 32.2 Å². The predicted octanol–water partition coefficient (Wildman–Crippen LogP) is 3.31. The van der Waals surface area contributed by atoms with Crippen LogP contribution in [0.2, 0.25) is 0 Å². The summed E-state index contributed by atoms with van der Waals surface area (Å²) in [5, 5.41) is 2.78. The van der Waals surface area contributed by atoms with Crippen LogP contribution in [0.3, 0.4) is 0 Å². The Morgan fingerprint density at radius 3 is 2.52 bits per heavy atom. The Kier molecular flexibility index (Phi) is 4.86. The molecule has 1 aliphatic carbocycles. The number of amides is 2. The van der Waals surface area contributed by atoms with Gasteiger partial charge in [-0.05, 0) is 49.3 Å². The lowest BCUT2D eigenvalue weighted by atomic mass is 9.66. The molecule has 2 atom stereocenters. The van der Waals surface area contributed by atoms with E-state index >= 15 is 0 Å². The number of alkyl halides is 3. The molecule has 2 heterocycles. The number of benzene rings is 1. The van der Waals surface area contributed by atoms with Gasteiger partial charge >= 0.3 is 12.3 Å². The standard InChI is InChI=1S/C20H23F3N2O4/c1-28-16-3-2-13(10-15(16)20(21,22)23)12-5-8-25(9-6-12)17(26)14-4-7-19(14)11-29-18(27)24-19/h2-3,10,12,14H,4-9,11H2,1H3,(H,24,27). The largest absolute Gasteiger partial charge is 0.496 e. The second kappa shape index (κ2) is 7.11. The van der Waals surface area contributed by atoms with Gasteiger partial charge in [-0.3, -0.25) is 4.79 Å². The molecule has 0 radical (unpaired) electrons.